The van der Waals surface area contributed by atoms with Gasteiger partial charge in [0.05, 0.1) is 5.41 Å². The van der Waals surface area contributed by atoms with Crippen molar-refractivity contribution in [3.8, 4) is 11.5 Å². The van der Waals surface area contributed by atoms with Crippen LogP contribution in [0.1, 0.15) is 24.0 Å². The molecule has 0 radical (unpaired) electrons. The number of ether oxygens (including phenoxy) is 2. The van der Waals surface area contributed by atoms with Gasteiger partial charge in [0.1, 0.15) is 13.2 Å². The van der Waals surface area contributed by atoms with E-state index in [9.17, 15) is 4.79 Å². The molecule has 1 N–H and O–H groups in total. The lowest BCUT2D eigenvalue weighted by Gasteiger charge is -2.39. The number of hydrogen-bond acceptors (Lipinski definition) is 4. The number of carbonyl (C=O) groups excluding carboxylic acids is 1. The van der Waals surface area contributed by atoms with Gasteiger partial charge in [-0.05, 0) is 48.7 Å². The van der Waals surface area contributed by atoms with Crippen molar-refractivity contribution in [2.75, 3.05) is 31.6 Å². The Morgan fingerprint density at radius 2 is 1.92 bits per heavy atom. The van der Waals surface area contributed by atoms with Gasteiger partial charge in [0.2, 0.25) is 5.91 Å². The second-order valence-corrected chi connectivity index (χ2v) is 7.37. The predicted octanol–water partition coefficient (Wildman–Crippen LogP) is 2.94. The molecule has 26 heavy (non-hydrogen) atoms. The van der Waals surface area contributed by atoms with Gasteiger partial charge in [-0.1, -0.05) is 24.3 Å². The zero-order chi connectivity index (χ0) is 17.6. The summed E-state index contributed by atoms with van der Waals surface area (Å²) in [6.45, 7) is 3.78. The number of amides is 1. The summed E-state index contributed by atoms with van der Waals surface area (Å²) in [6, 6.07) is 14.3. The van der Waals surface area contributed by atoms with Crippen molar-refractivity contribution in [1.29, 1.82) is 0 Å². The first-order valence-corrected chi connectivity index (χ1v) is 9.26. The molecule has 1 amide bonds. The summed E-state index contributed by atoms with van der Waals surface area (Å²) in [5, 5.41) is 3.08. The third-order valence-corrected chi connectivity index (χ3v) is 5.71. The lowest BCUT2D eigenvalue weighted by molar-refractivity contribution is -0.122. The number of para-hydroxylation sites is 1. The number of nitrogens with one attached hydrogen (secondary N) is 1. The van der Waals surface area contributed by atoms with E-state index in [1.54, 1.807) is 0 Å². The van der Waals surface area contributed by atoms with Crippen LogP contribution in [0.3, 0.4) is 0 Å². The normalized spacial score (nSPS) is 24.4. The van der Waals surface area contributed by atoms with Gasteiger partial charge in [-0.2, -0.15) is 0 Å². The van der Waals surface area contributed by atoms with Crippen LogP contribution in [0.4, 0.5) is 5.69 Å². The highest BCUT2D eigenvalue weighted by Crippen LogP contribution is 2.44. The number of hydrogen-bond donors (Lipinski definition) is 1. The van der Waals surface area contributed by atoms with Crippen LogP contribution in [0.2, 0.25) is 0 Å². The number of piperidine rings is 1. The molecule has 0 aliphatic carbocycles. The van der Waals surface area contributed by atoms with E-state index in [4.69, 9.17) is 9.47 Å². The second-order valence-electron chi connectivity index (χ2n) is 7.37. The maximum Gasteiger partial charge on any atom is 0.236 e. The Labute approximate surface area is 152 Å². The number of nitrogens with zero attached hydrogens (tertiary/aromatic N) is 1. The molecule has 3 heterocycles. The average molecular weight is 350 g/mol. The molecule has 0 bridgehead atoms. The van der Waals surface area contributed by atoms with Gasteiger partial charge in [0, 0.05) is 18.8 Å². The minimum Gasteiger partial charge on any atom is -0.486 e. The van der Waals surface area contributed by atoms with Crippen molar-refractivity contribution in [3.05, 3.63) is 53.6 Å². The van der Waals surface area contributed by atoms with E-state index in [1.165, 1.54) is 5.56 Å². The van der Waals surface area contributed by atoms with Crippen LogP contribution in [0.25, 0.3) is 0 Å². The Hall–Kier alpha value is -2.53. The van der Waals surface area contributed by atoms with E-state index >= 15 is 0 Å². The van der Waals surface area contributed by atoms with E-state index in [1.807, 2.05) is 24.3 Å². The highest BCUT2D eigenvalue weighted by molar-refractivity contribution is 6.06. The molecule has 3 aliphatic heterocycles. The van der Waals surface area contributed by atoms with Gasteiger partial charge >= 0.3 is 0 Å². The fourth-order valence-electron chi connectivity index (χ4n) is 4.50. The van der Waals surface area contributed by atoms with Gasteiger partial charge in [-0.25, -0.2) is 0 Å². The van der Waals surface area contributed by atoms with Crippen LogP contribution in [0.5, 0.6) is 11.5 Å². The summed E-state index contributed by atoms with van der Waals surface area (Å²) in [5.41, 5.74) is 2.90. The van der Waals surface area contributed by atoms with Crippen LogP contribution in [0.15, 0.2) is 42.5 Å². The van der Waals surface area contributed by atoms with Crippen molar-refractivity contribution < 1.29 is 14.3 Å². The molecule has 5 rings (SSSR count). The van der Waals surface area contributed by atoms with Crippen LogP contribution < -0.4 is 14.8 Å². The molecule has 2 aromatic carbocycles. The molecule has 1 atom stereocenters. The maximum absolute atomic E-state index is 12.8. The van der Waals surface area contributed by atoms with Crippen LogP contribution in [-0.4, -0.2) is 37.1 Å². The first-order chi connectivity index (χ1) is 12.7. The number of benzene rings is 2. The minimum atomic E-state index is -0.414. The standard InChI is InChI=1S/C21H22N2O3/c24-20-21(16-4-1-2-5-17(16)22-20)8-3-9-23(14-21)13-15-6-7-18-19(12-15)26-11-10-25-18/h1-2,4-7,12H,3,8-11,13-14H2,(H,22,24). The Morgan fingerprint density at radius 1 is 1.08 bits per heavy atom. The van der Waals surface area contributed by atoms with Crippen molar-refractivity contribution >= 4 is 11.6 Å². The monoisotopic (exact) mass is 350 g/mol. The Kier molecular flexibility index (Phi) is 3.64. The molecule has 1 fully saturated rings. The van der Waals surface area contributed by atoms with Gasteiger partial charge < -0.3 is 14.8 Å². The zero-order valence-corrected chi connectivity index (χ0v) is 14.7. The van der Waals surface area contributed by atoms with Crippen molar-refractivity contribution in [2.24, 2.45) is 0 Å². The number of anilines is 1. The topological polar surface area (TPSA) is 50.8 Å². The van der Waals surface area contributed by atoms with E-state index in [2.05, 4.69) is 28.4 Å². The summed E-state index contributed by atoms with van der Waals surface area (Å²) in [6.07, 6.45) is 1.93. The van der Waals surface area contributed by atoms with E-state index < -0.39 is 5.41 Å². The highest BCUT2D eigenvalue weighted by Gasteiger charge is 2.48. The van der Waals surface area contributed by atoms with Gasteiger partial charge in [-0.3, -0.25) is 9.69 Å². The lowest BCUT2D eigenvalue weighted by Crippen LogP contribution is -2.49. The zero-order valence-electron chi connectivity index (χ0n) is 14.7. The smallest absolute Gasteiger partial charge is 0.236 e. The number of likely N-dealkylation sites (tertiary alicyclic amines) is 1. The third kappa shape index (κ3) is 2.46. The molecule has 1 spiro atoms. The minimum absolute atomic E-state index is 0.144. The fraction of sp³-hybridized carbons (Fsp3) is 0.381. The lowest BCUT2D eigenvalue weighted by atomic mass is 9.75. The molecule has 1 unspecified atom stereocenters. The SMILES string of the molecule is O=C1Nc2ccccc2C12CCCN(Cc1ccc3c(c1)OCCO3)C2. The summed E-state index contributed by atoms with van der Waals surface area (Å²) >= 11 is 0. The fourth-order valence-corrected chi connectivity index (χ4v) is 4.50. The molecule has 134 valence electrons. The molecule has 3 aliphatic rings. The molecule has 5 heteroatoms. The second kappa shape index (κ2) is 6.02. The molecule has 5 nitrogen and oxygen atoms in total. The predicted molar refractivity (Wildman–Crippen MR) is 98.7 cm³/mol. The van der Waals surface area contributed by atoms with E-state index in [0.29, 0.717) is 13.2 Å². The van der Waals surface area contributed by atoms with Crippen molar-refractivity contribution in [2.45, 2.75) is 24.8 Å². The molecular formula is C21H22N2O3. The van der Waals surface area contributed by atoms with Crippen LogP contribution in [0, 0.1) is 0 Å². The largest absolute Gasteiger partial charge is 0.486 e. The van der Waals surface area contributed by atoms with Crippen molar-refractivity contribution in [1.82, 2.24) is 4.90 Å². The molecular weight excluding hydrogens is 328 g/mol. The van der Waals surface area contributed by atoms with E-state index in [-0.39, 0.29) is 5.91 Å². The average Bonchev–Trinajstić information content (AvgIpc) is 2.93. The summed E-state index contributed by atoms with van der Waals surface area (Å²) in [7, 11) is 0. The Balaban J connectivity index is 1.39. The molecule has 2 aromatic rings. The third-order valence-electron chi connectivity index (χ3n) is 5.71. The van der Waals surface area contributed by atoms with Gasteiger partial charge in [0.15, 0.2) is 11.5 Å². The number of fused-ring (bicyclic) bond motifs is 3. The van der Waals surface area contributed by atoms with Crippen LogP contribution >= 0.6 is 0 Å². The highest BCUT2D eigenvalue weighted by atomic mass is 16.6. The molecule has 0 aromatic heterocycles. The summed E-state index contributed by atoms with van der Waals surface area (Å²) in [4.78, 5) is 15.2. The Bertz CT molecular complexity index is 866. The maximum atomic E-state index is 12.8. The van der Waals surface area contributed by atoms with Crippen LogP contribution in [-0.2, 0) is 16.8 Å². The summed E-state index contributed by atoms with van der Waals surface area (Å²) in [5.74, 6) is 1.79. The first-order valence-electron chi connectivity index (χ1n) is 9.26. The van der Waals surface area contributed by atoms with Gasteiger partial charge in [-0.15, -0.1) is 0 Å². The van der Waals surface area contributed by atoms with Crippen molar-refractivity contribution in [3.63, 3.8) is 0 Å². The summed E-state index contributed by atoms with van der Waals surface area (Å²) < 4.78 is 11.3. The Morgan fingerprint density at radius 3 is 2.85 bits per heavy atom. The van der Waals surface area contributed by atoms with E-state index in [0.717, 1.165) is 55.2 Å². The molecule has 0 saturated carbocycles. The van der Waals surface area contributed by atoms with Gasteiger partial charge in [0.25, 0.3) is 0 Å². The quantitative estimate of drug-likeness (QED) is 0.905. The first kappa shape index (κ1) is 15.7. The number of rotatable bonds is 2. The molecule has 1 saturated heterocycles. The number of carbonyl (C=O) groups is 1.